The highest BCUT2D eigenvalue weighted by molar-refractivity contribution is 6.01. The smallest absolute Gasteiger partial charge is 0.256 e. The Morgan fingerprint density at radius 1 is 1.17 bits per heavy atom. The number of fused-ring (bicyclic) bond motifs is 2. The summed E-state index contributed by atoms with van der Waals surface area (Å²) < 4.78 is 0. The Bertz CT molecular complexity index is 718. The van der Waals surface area contributed by atoms with Gasteiger partial charge in [-0.05, 0) is 24.5 Å². The first-order valence-electron chi connectivity index (χ1n) is 8.37. The SMILES string of the molecule is O=C1NCC(=O)N2CCN(C(=O)c3cccc4c3NCCC4)C[C@@H]12. The summed E-state index contributed by atoms with van der Waals surface area (Å²) in [4.78, 5) is 40.2. The van der Waals surface area contributed by atoms with Gasteiger partial charge in [0.15, 0.2) is 0 Å². The quantitative estimate of drug-likeness (QED) is 0.750. The van der Waals surface area contributed by atoms with Crippen molar-refractivity contribution in [2.24, 2.45) is 0 Å². The highest BCUT2D eigenvalue weighted by atomic mass is 16.2. The molecule has 0 radical (unpaired) electrons. The minimum atomic E-state index is -0.573. The van der Waals surface area contributed by atoms with Crippen molar-refractivity contribution in [1.82, 2.24) is 15.1 Å². The Morgan fingerprint density at radius 3 is 2.92 bits per heavy atom. The Morgan fingerprint density at radius 2 is 2.04 bits per heavy atom. The van der Waals surface area contributed by atoms with Crippen LogP contribution in [-0.2, 0) is 16.0 Å². The number of rotatable bonds is 1. The molecule has 0 unspecified atom stereocenters. The number of nitrogens with one attached hydrogen (secondary N) is 2. The Balaban J connectivity index is 1.58. The molecule has 0 spiro atoms. The molecule has 24 heavy (non-hydrogen) atoms. The number of para-hydroxylation sites is 1. The average Bonchev–Trinajstić information content (AvgIpc) is 2.63. The van der Waals surface area contributed by atoms with E-state index in [1.807, 2.05) is 18.2 Å². The molecule has 0 aliphatic carbocycles. The minimum absolute atomic E-state index is 0.0550. The van der Waals surface area contributed by atoms with Gasteiger partial charge in [-0.25, -0.2) is 0 Å². The van der Waals surface area contributed by atoms with E-state index in [1.54, 1.807) is 9.80 Å². The van der Waals surface area contributed by atoms with Gasteiger partial charge in [0.1, 0.15) is 6.04 Å². The summed E-state index contributed by atoms with van der Waals surface area (Å²) >= 11 is 0. The molecule has 2 fully saturated rings. The maximum atomic E-state index is 13.0. The third-order valence-electron chi connectivity index (χ3n) is 5.01. The van der Waals surface area contributed by atoms with Crippen molar-refractivity contribution < 1.29 is 14.4 Å². The fourth-order valence-corrected chi connectivity index (χ4v) is 3.73. The van der Waals surface area contributed by atoms with E-state index in [-0.39, 0.29) is 30.8 Å². The molecule has 3 aliphatic rings. The van der Waals surface area contributed by atoms with E-state index in [9.17, 15) is 14.4 Å². The van der Waals surface area contributed by atoms with E-state index >= 15 is 0 Å². The normalized spacial score (nSPS) is 23.1. The predicted molar refractivity (Wildman–Crippen MR) is 87.7 cm³/mol. The summed E-state index contributed by atoms with van der Waals surface area (Å²) in [6.07, 6.45) is 2.03. The fraction of sp³-hybridized carbons (Fsp3) is 0.471. The number of hydrogen-bond acceptors (Lipinski definition) is 4. The van der Waals surface area contributed by atoms with Crippen LogP contribution in [0.3, 0.4) is 0 Å². The zero-order chi connectivity index (χ0) is 16.7. The van der Waals surface area contributed by atoms with Crippen LogP contribution < -0.4 is 10.6 Å². The summed E-state index contributed by atoms with van der Waals surface area (Å²) in [5.41, 5.74) is 2.74. The molecule has 126 valence electrons. The van der Waals surface area contributed by atoms with Crippen molar-refractivity contribution in [3.05, 3.63) is 29.3 Å². The molecule has 2 saturated heterocycles. The topological polar surface area (TPSA) is 81.8 Å². The first-order valence-corrected chi connectivity index (χ1v) is 8.37. The molecule has 4 rings (SSSR count). The lowest BCUT2D eigenvalue weighted by Gasteiger charge is -2.43. The van der Waals surface area contributed by atoms with Gasteiger partial charge < -0.3 is 20.4 Å². The van der Waals surface area contributed by atoms with Crippen LogP contribution in [-0.4, -0.2) is 66.3 Å². The maximum absolute atomic E-state index is 13.0. The van der Waals surface area contributed by atoms with Gasteiger partial charge in [-0.3, -0.25) is 14.4 Å². The Hall–Kier alpha value is -2.57. The highest BCUT2D eigenvalue weighted by Crippen LogP contribution is 2.28. The summed E-state index contributed by atoms with van der Waals surface area (Å²) in [7, 11) is 0. The lowest BCUT2D eigenvalue weighted by Crippen LogP contribution is -2.66. The van der Waals surface area contributed by atoms with E-state index in [0.717, 1.165) is 30.6 Å². The number of carbonyl (C=O) groups is 3. The van der Waals surface area contributed by atoms with Gasteiger partial charge in [-0.2, -0.15) is 0 Å². The molecule has 3 aliphatic heterocycles. The molecular weight excluding hydrogens is 308 g/mol. The molecule has 1 aromatic rings. The lowest BCUT2D eigenvalue weighted by atomic mass is 9.98. The summed E-state index contributed by atoms with van der Waals surface area (Å²) in [6, 6.07) is 5.21. The van der Waals surface area contributed by atoms with E-state index in [4.69, 9.17) is 0 Å². The van der Waals surface area contributed by atoms with E-state index < -0.39 is 6.04 Å². The van der Waals surface area contributed by atoms with Crippen LogP contribution in [0.5, 0.6) is 0 Å². The van der Waals surface area contributed by atoms with Gasteiger partial charge in [-0.1, -0.05) is 12.1 Å². The summed E-state index contributed by atoms with van der Waals surface area (Å²) in [5, 5.41) is 5.93. The summed E-state index contributed by atoms with van der Waals surface area (Å²) in [5.74, 6) is -0.336. The molecule has 0 saturated carbocycles. The minimum Gasteiger partial charge on any atom is -0.384 e. The van der Waals surface area contributed by atoms with E-state index in [0.29, 0.717) is 18.7 Å². The largest absolute Gasteiger partial charge is 0.384 e. The number of nitrogens with zero attached hydrogens (tertiary/aromatic N) is 2. The molecule has 7 heteroatoms. The molecule has 0 bridgehead atoms. The van der Waals surface area contributed by atoms with Crippen molar-refractivity contribution in [3.8, 4) is 0 Å². The number of amides is 3. The number of aryl methyl sites for hydroxylation is 1. The number of hydrogen-bond donors (Lipinski definition) is 2. The number of piperazine rings is 2. The molecule has 2 N–H and O–H groups in total. The van der Waals surface area contributed by atoms with Gasteiger partial charge in [0, 0.05) is 19.6 Å². The molecule has 1 atom stereocenters. The second-order valence-corrected chi connectivity index (χ2v) is 6.44. The van der Waals surface area contributed by atoms with Crippen LogP contribution in [0.25, 0.3) is 0 Å². The van der Waals surface area contributed by atoms with Crippen molar-refractivity contribution in [2.75, 3.05) is 38.0 Å². The van der Waals surface area contributed by atoms with Crippen LogP contribution in [0, 0.1) is 0 Å². The number of anilines is 1. The standard InChI is InChI=1S/C17H20N4O3/c22-14-9-19-16(23)13-10-20(7-8-21(13)14)17(24)12-5-1-3-11-4-2-6-18-15(11)12/h1,3,5,13,18H,2,4,6-10H2,(H,19,23)/t13-/m0/s1. The Kier molecular flexibility index (Phi) is 3.63. The lowest BCUT2D eigenvalue weighted by molar-refractivity contribution is -0.148. The van der Waals surface area contributed by atoms with Crippen LogP contribution in [0.2, 0.25) is 0 Å². The van der Waals surface area contributed by atoms with Gasteiger partial charge in [0.2, 0.25) is 11.8 Å². The Labute approximate surface area is 140 Å². The van der Waals surface area contributed by atoms with Gasteiger partial charge >= 0.3 is 0 Å². The first-order chi connectivity index (χ1) is 11.6. The molecule has 1 aromatic carbocycles. The van der Waals surface area contributed by atoms with Crippen LogP contribution in [0.15, 0.2) is 18.2 Å². The van der Waals surface area contributed by atoms with Crippen molar-refractivity contribution >= 4 is 23.4 Å². The van der Waals surface area contributed by atoms with Crippen LogP contribution >= 0.6 is 0 Å². The third-order valence-corrected chi connectivity index (χ3v) is 5.01. The second kappa shape index (κ2) is 5.81. The zero-order valence-corrected chi connectivity index (χ0v) is 13.4. The van der Waals surface area contributed by atoms with E-state index in [1.165, 1.54) is 0 Å². The molecular formula is C17H20N4O3. The number of benzene rings is 1. The fourth-order valence-electron chi connectivity index (χ4n) is 3.73. The highest BCUT2D eigenvalue weighted by Gasteiger charge is 2.40. The third kappa shape index (κ3) is 2.40. The van der Waals surface area contributed by atoms with Crippen LogP contribution in [0.4, 0.5) is 5.69 Å². The average molecular weight is 328 g/mol. The first kappa shape index (κ1) is 15.0. The van der Waals surface area contributed by atoms with Gasteiger partial charge in [-0.15, -0.1) is 0 Å². The summed E-state index contributed by atoms with van der Waals surface area (Å²) in [6.45, 7) is 2.03. The van der Waals surface area contributed by atoms with E-state index in [2.05, 4.69) is 10.6 Å². The van der Waals surface area contributed by atoms with Crippen molar-refractivity contribution in [3.63, 3.8) is 0 Å². The second-order valence-electron chi connectivity index (χ2n) is 6.44. The van der Waals surface area contributed by atoms with Gasteiger partial charge in [0.05, 0.1) is 24.3 Å². The zero-order valence-electron chi connectivity index (χ0n) is 13.4. The maximum Gasteiger partial charge on any atom is 0.256 e. The monoisotopic (exact) mass is 328 g/mol. The van der Waals surface area contributed by atoms with Gasteiger partial charge in [0.25, 0.3) is 5.91 Å². The molecule has 3 heterocycles. The predicted octanol–water partition coefficient (Wildman–Crippen LogP) is -0.172. The molecule has 3 amide bonds. The molecule has 7 nitrogen and oxygen atoms in total. The van der Waals surface area contributed by atoms with Crippen molar-refractivity contribution in [1.29, 1.82) is 0 Å². The van der Waals surface area contributed by atoms with Crippen LogP contribution in [0.1, 0.15) is 22.3 Å². The molecule has 0 aromatic heterocycles. The van der Waals surface area contributed by atoms with Crippen molar-refractivity contribution in [2.45, 2.75) is 18.9 Å². The number of carbonyl (C=O) groups excluding carboxylic acids is 3.